The van der Waals surface area contributed by atoms with Gasteiger partial charge in [-0.05, 0) is 69.2 Å². The summed E-state index contributed by atoms with van der Waals surface area (Å²) in [4.78, 5) is 22.1. The Morgan fingerprint density at radius 3 is 3.06 bits per heavy atom. The molecule has 0 amide bonds. The minimum Gasteiger partial charge on any atom is -0.494 e. The number of nitrogens with one attached hydrogen (secondary N) is 2. The van der Waals surface area contributed by atoms with Crippen molar-refractivity contribution in [2.24, 2.45) is 5.92 Å². The smallest absolute Gasteiger partial charge is 0.255 e. The predicted octanol–water partition coefficient (Wildman–Crippen LogP) is 4.31. The average molecular weight is 425 g/mol. The number of aromatic amines is 1. The van der Waals surface area contributed by atoms with Crippen LogP contribution in [0.15, 0.2) is 41.7 Å². The number of aromatic nitrogens is 2. The Bertz CT molecular complexity index is 909. The van der Waals surface area contributed by atoms with E-state index in [2.05, 4.69) is 51.9 Å². The summed E-state index contributed by atoms with van der Waals surface area (Å²) in [5, 5.41) is 3.19. The first-order chi connectivity index (χ1) is 15.0. The molecule has 3 rings (SSSR count). The normalized spacial score (nSPS) is 16.8. The maximum absolute atomic E-state index is 12.2. The molecule has 1 saturated heterocycles. The SMILES string of the molecule is C=CCCc1c(C)nc(NCCCOc2cccc(CN3CCCC(C)C3)c2)[nH]c1=O. The zero-order valence-electron chi connectivity index (χ0n) is 19.0. The monoisotopic (exact) mass is 424 g/mol. The summed E-state index contributed by atoms with van der Waals surface area (Å²) in [6, 6.07) is 8.41. The Morgan fingerprint density at radius 2 is 2.29 bits per heavy atom. The minimum absolute atomic E-state index is 0.0759. The number of allylic oxidation sites excluding steroid dienone is 1. The lowest BCUT2D eigenvalue weighted by molar-refractivity contribution is 0.176. The summed E-state index contributed by atoms with van der Waals surface area (Å²) in [6.45, 7) is 12.6. The molecule has 6 nitrogen and oxygen atoms in total. The number of hydrogen-bond donors (Lipinski definition) is 2. The molecule has 0 aliphatic carbocycles. The molecule has 1 aromatic heterocycles. The molecule has 0 bridgehead atoms. The van der Waals surface area contributed by atoms with Gasteiger partial charge < -0.3 is 10.1 Å². The highest BCUT2D eigenvalue weighted by atomic mass is 16.5. The van der Waals surface area contributed by atoms with E-state index in [4.69, 9.17) is 4.74 Å². The summed E-state index contributed by atoms with van der Waals surface area (Å²) in [5.74, 6) is 2.22. The molecule has 1 atom stereocenters. The van der Waals surface area contributed by atoms with Crippen LogP contribution in [0, 0.1) is 12.8 Å². The first-order valence-electron chi connectivity index (χ1n) is 11.4. The van der Waals surface area contributed by atoms with Gasteiger partial charge in [0.25, 0.3) is 5.56 Å². The van der Waals surface area contributed by atoms with Gasteiger partial charge in [0.2, 0.25) is 5.95 Å². The number of anilines is 1. The maximum Gasteiger partial charge on any atom is 0.255 e. The fraction of sp³-hybridized carbons (Fsp3) is 0.520. The van der Waals surface area contributed by atoms with Crippen molar-refractivity contribution in [2.75, 3.05) is 31.6 Å². The van der Waals surface area contributed by atoms with Gasteiger partial charge in [-0.3, -0.25) is 14.7 Å². The van der Waals surface area contributed by atoms with Crippen LogP contribution in [0.4, 0.5) is 5.95 Å². The molecule has 31 heavy (non-hydrogen) atoms. The van der Waals surface area contributed by atoms with Gasteiger partial charge in [0.1, 0.15) is 5.75 Å². The summed E-state index contributed by atoms with van der Waals surface area (Å²) in [7, 11) is 0. The molecule has 0 spiro atoms. The highest BCUT2D eigenvalue weighted by Crippen LogP contribution is 2.20. The van der Waals surface area contributed by atoms with Crippen molar-refractivity contribution in [3.8, 4) is 5.75 Å². The van der Waals surface area contributed by atoms with Crippen molar-refractivity contribution in [3.05, 3.63) is 64.1 Å². The second kappa shape index (κ2) is 11.7. The van der Waals surface area contributed by atoms with Crippen LogP contribution in [-0.2, 0) is 13.0 Å². The van der Waals surface area contributed by atoms with Crippen molar-refractivity contribution in [2.45, 2.75) is 52.5 Å². The first-order valence-corrected chi connectivity index (χ1v) is 11.4. The lowest BCUT2D eigenvalue weighted by Gasteiger charge is -2.30. The highest BCUT2D eigenvalue weighted by molar-refractivity contribution is 5.30. The molecular weight excluding hydrogens is 388 g/mol. The Balaban J connectivity index is 1.42. The number of likely N-dealkylation sites (tertiary alicyclic amines) is 1. The summed E-state index contributed by atoms with van der Waals surface area (Å²) < 4.78 is 5.95. The van der Waals surface area contributed by atoms with Gasteiger partial charge in [0.15, 0.2) is 0 Å². The number of hydrogen-bond acceptors (Lipinski definition) is 5. The van der Waals surface area contributed by atoms with Crippen LogP contribution < -0.4 is 15.6 Å². The van der Waals surface area contributed by atoms with E-state index in [1.54, 1.807) is 0 Å². The summed E-state index contributed by atoms with van der Waals surface area (Å²) in [5.41, 5.74) is 2.73. The molecule has 2 aromatic rings. The number of benzene rings is 1. The van der Waals surface area contributed by atoms with E-state index in [0.29, 0.717) is 25.5 Å². The van der Waals surface area contributed by atoms with Crippen LogP contribution >= 0.6 is 0 Å². The Morgan fingerprint density at radius 1 is 1.42 bits per heavy atom. The number of nitrogens with zero attached hydrogens (tertiary/aromatic N) is 2. The van der Waals surface area contributed by atoms with Crippen LogP contribution in [0.25, 0.3) is 0 Å². The van der Waals surface area contributed by atoms with Crippen LogP contribution in [-0.4, -0.2) is 41.1 Å². The van der Waals surface area contributed by atoms with Crippen molar-refractivity contribution >= 4 is 5.95 Å². The molecule has 0 radical (unpaired) electrons. The largest absolute Gasteiger partial charge is 0.494 e. The van der Waals surface area contributed by atoms with Crippen LogP contribution in [0.1, 0.15) is 49.4 Å². The van der Waals surface area contributed by atoms with Gasteiger partial charge in [-0.15, -0.1) is 6.58 Å². The van der Waals surface area contributed by atoms with Gasteiger partial charge in [0, 0.05) is 30.9 Å². The molecule has 1 aliphatic heterocycles. The van der Waals surface area contributed by atoms with Gasteiger partial charge in [-0.2, -0.15) is 0 Å². The van der Waals surface area contributed by atoms with Crippen molar-refractivity contribution < 1.29 is 4.74 Å². The molecule has 2 N–H and O–H groups in total. The lowest BCUT2D eigenvalue weighted by atomic mass is 10.00. The van der Waals surface area contributed by atoms with Crippen molar-refractivity contribution in [3.63, 3.8) is 0 Å². The van der Waals surface area contributed by atoms with Gasteiger partial charge >= 0.3 is 0 Å². The number of ether oxygens (including phenoxy) is 1. The van der Waals surface area contributed by atoms with E-state index in [1.807, 2.05) is 19.1 Å². The zero-order chi connectivity index (χ0) is 22.1. The highest BCUT2D eigenvalue weighted by Gasteiger charge is 2.16. The van der Waals surface area contributed by atoms with Crippen molar-refractivity contribution in [1.82, 2.24) is 14.9 Å². The predicted molar refractivity (Wildman–Crippen MR) is 127 cm³/mol. The number of piperidine rings is 1. The molecule has 0 saturated carbocycles. The van der Waals surface area contributed by atoms with E-state index in [0.717, 1.165) is 42.3 Å². The average Bonchev–Trinajstić information content (AvgIpc) is 2.73. The molecular formula is C25H36N4O2. The second-order valence-corrected chi connectivity index (χ2v) is 8.56. The second-order valence-electron chi connectivity index (χ2n) is 8.56. The first kappa shape index (κ1) is 23.1. The van der Waals surface area contributed by atoms with Gasteiger partial charge in [0.05, 0.1) is 6.61 Å². The zero-order valence-corrected chi connectivity index (χ0v) is 19.0. The minimum atomic E-state index is -0.0759. The number of H-pyrrole nitrogens is 1. The van der Waals surface area contributed by atoms with Crippen LogP contribution in [0.5, 0.6) is 5.75 Å². The van der Waals surface area contributed by atoms with Crippen LogP contribution in [0.2, 0.25) is 0 Å². The summed E-state index contributed by atoms with van der Waals surface area (Å²) >= 11 is 0. The standard InChI is InChI=1S/C25H36N4O2/c1-4-5-12-23-20(3)27-25(28-24(23)30)26-13-8-15-31-22-11-6-10-21(16-22)18-29-14-7-9-19(2)17-29/h4,6,10-11,16,19H,1,5,7-9,12-15,17-18H2,2-3H3,(H2,26,27,28,30). The van der Waals surface area contributed by atoms with E-state index < -0.39 is 0 Å². The van der Waals surface area contributed by atoms with Crippen molar-refractivity contribution in [1.29, 1.82) is 0 Å². The number of rotatable bonds is 11. The maximum atomic E-state index is 12.2. The quantitative estimate of drug-likeness (QED) is 0.415. The Hall–Kier alpha value is -2.60. The molecule has 1 unspecified atom stereocenters. The molecule has 2 heterocycles. The fourth-order valence-electron chi connectivity index (χ4n) is 4.13. The number of aryl methyl sites for hydroxylation is 1. The Labute approximate surface area is 185 Å². The summed E-state index contributed by atoms with van der Waals surface area (Å²) in [6.07, 6.45) is 6.71. The van der Waals surface area contributed by atoms with Crippen LogP contribution in [0.3, 0.4) is 0 Å². The van der Waals surface area contributed by atoms with E-state index in [9.17, 15) is 4.79 Å². The third kappa shape index (κ3) is 7.24. The van der Waals surface area contributed by atoms with Gasteiger partial charge in [-0.25, -0.2) is 4.98 Å². The Kier molecular flexibility index (Phi) is 8.71. The molecule has 1 fully saturated rings. The fourth-order valence-corrected chi connectivity index (χ4v) is 4.13. The third-order valence-corrected chi connectivity index (χ3v) is 5.75. The van der Waals surface area contributed by atoms with E-state index in [-0.39, 0.29) is 5.56 Å². The molecule has 1 aliphatic rings. The third-order valence-electron chi connectivity index (χ3n) is 5.75. The van der Waals surface area contributed by atoms with E-state index in [1.165, 1.54) is 31.5 Å². The topological polar surface area (TPSA) is 70.2 Å². The van der Waals surface area contributed by atoms with Gasteiger partial charge in [-0.1, -0.05) is 25.1 Å². The lowest BCUT2D eigenvalue weighted by Crippen LogP contribution is -2.33. The molecule has 1 aromatic carbocycles. The molecule has 168 valence electrons. The van der Waals surface area contributed by atoms with E-state index >= 15 is 0 Å². The molecule has 6 heteroatoms.